The first-order valence-electron chi connectivity index (χ1n) is 6.98. The zero-order valence-corrected chi connectivity index (χ0v) is 12.2. The molecular weight excluding hydrogens is 244 g/mol. The van der Waals surface area contributed by atoms with E-state index in [1.165, 1.54) is 4.90 Å². The number of nitrogens with two attached hydrogens (primary N) is 1. The molecule has 0 aromatic carbocycles. The molecule has 0 aliphatic carbocycles. The van der Waals surface area contributed by atoms with Crippen molar-refractivity contribution in [3.05, 3.63) is 0 Å². The van der Waals surface area contributed by atoms with E-state index in [1.807, 2.05) is 0 Å². The minimum Gasteiger partial charge on any atom is -0.480 e. The highest BCUT2D eigenvalue weighted by Gasteiger charge is 2.32. The lowest BCUT2D eigenvalue weighted by Crippen LogP contribution is -2.49. The van der Waals surface area contributed by atoms with E-state index in [2.05, 4.69) is 20.8 Å². The minimum absolute atomic E-state index is 0.0772. The van der Waals surface area contributed by atoms with E-state index in [-0.39, 0.29) is 23.8 Å². The summed E-state index contributed by atoms with van der Waals surface area (Å²) in [5.74, 6) is -1.03. The highest BCUT2D eigenvalue weighted by atomic mass is 16.4. The maximum atomic E-state index is 12.2. The van der Waals surface area contributed by atoms with Gasteiger partial charge in [-0.1, -0.05) is 20.8 Å². The Morgan fingerprint density at radius 1 is 1.37 bits per heavy atom. The van der Waals surface area contributed by atoms with Crippen LogP contribution in [0.1, 0.15) is 52.9 Å². The molecule has 1 heterocycles. The van der Waals surface area contributed by atoms with Crippen LogP contribution in [-0.4, -0.2) is 40.5 Å². The summed E-state index contributed by atoms with van der Waals surface area (Å²) >= 11 is 0. The zero-order chi connectivity index (χ0) is 14.6. The molecule has 3 N–H and O–H groups in total. The molecule has 2 unspecified atom stereocenters. The number of hydrogen-bond acceptors (Lipinski definition) is 3. The maximum Gasteiger partial charge on any atom is 0.326 e. The summed E-state index contributed by atoms with van der Waals surface area (Å²) in [6, 6.07) is -0.869. The molecule has 1 amide bonds. The fourth-order valence-corrected chi connectivity index (χ4v) is 2.69. The molecule has 1 aliphatic rings. The van der Waals surface area contributed by atoms with Gasteiger partial charge in [-0.2, -0.15) is 0 Å². The molecule has 0 aromatic heterocycles. The quantitative estimate of drug-likeness (QED) is 0.813. The Balaban J connectivity index is 2.58. The Kier molecular flexibility index (Phi) is 5.35. The van der Waals surface area contributed by atoms with E-state index in [1.54, 1.807) is 0 Å². The number of piperidine rings is 1. The van der Waals surface area contributed by atoms with Crippen molar-refractivity contribution in [3.8, 4) is 0 Å². The average molecular weight is 270 g/mol. The largest absolute Gasteiger partial charge is 0.480 e. The molecule has 1 fully saturated rings. The zero-order valence-electron chi connectivity index (χ0n) is 12.2. The highest BCUT2D eigenvalue weighted by Crippen LogP contribution is 2.23. The van der Waals surface area contributed by atoms with Gasteiger partial charge in [0, 0.05) is 19.0 Å². The van der Waals surface area contributed by atoms with Crippen molar-refractivity contribution in [3.63, 3.8) is 0 Å². The lowest BCUT2D eigenvalue weighted by Gasteiger charge is -2.34. The third kappa shape index (κ3) is 5.19. The summed E-state index contributed by atoms with van der Waals surface area (Å²) in [5.41, 5.74) is 6.07. The molecule has 1 saturated heterocycles. The summed E-state index contributed by atoms with van der Waals surface area (Å²) in [5, 5.41) is 9.15. The van der Waals surface area contributed by atoms with Crippen LogP contribution in [0.15, 0.2) is 0 Å². The van der Waals surface area contributed by atoms with Crippen LogP contribution < -0.4 is 5.73 Å². The van der Waals surface area contributed by atoms with Crippen molar-refractivity contribution in [1.82, 2.24) is 4.90 Å². The first-order chi connectivity index (χ1) is 8.70. The lowest BCUT2D eigenvalue weighted by molar-refractivity contribution is -0.152. The second-order valence-electron chi connectivity index (χ2n) is 6.67. The van der Waals surface area contributed by atoms with Crippen LogP contribution in [-0.2, 0) is 9.59 Å². The van der Waals surface area contributed by atoms with Crippen molar-refractivity contribution in [2.75, 3.05) is 6.54 Å². The molecular formula is C14H26N2O3. The Hall–Kier alpha value is -1.10. The number of carboxylic acid groups (broad SMARTS) is 1. The van der Waals surface area contributed by atoms with Crippen molar-refractivity contribution in [2.45, 2.75) is 65.0 Å². The Morgan fingerprint density at radius 2 is 2.00 bits per heavy atom. The molecule has 110 valence electrons. The monoisotopic (exact) mass is 270 g/mol. The van der Waals surface area contributed by atoms with E-state index in [0.717, 1.165) is 19.3 Å². The number of nitrogens with zero attached hydrogens (tertiary/aromatic N) is 1. The normalized spacial score (nSPS) is 22.1. The van der Waals surface area contributed by atoms with Crippen molar-refractivity contribution >= 4 is 11.9 Å². The van der Waals surface area contributed by atoms with Crippen molar-refractivity contribution in [1.29, 1.82) is 0 Å². The van der Waals surface area contributed by atoms with Gasteiger partial charge in [0.25, 0.3) is 0 Å². The molecule has 0 spiro atoms. The Labute approximate surface area is 115 Å². The average Bonchev–Trinajstić information content (AvgIpc) is 2.26. The summed E-state index contributed by atoms with van der Waals surface area (Å²) in [6.07, 6.45) is 3.29. The first kappa shape index (κ1) is 16.0. The molecule has 19 heavy (non-hydrogen) atoms. The van der Waals surface area contributed by atoms with Gasteiger partial charge in [0.1, 0.15) is 6.04 Å². The second kappa shape index (κ2) is 6.37. The molecule has 0 saturated carbocycles. The van der Waals surface area contributed by atoms with Gasteiger partial charge in [0.05, 0.1) is 0 Å². The molecule has 5 heteroatoms. The van der Waals surface area contributed by atoms with Gasteiger partial charge >= 0.3 is 5.97 Å². The maximum absolute atomic E-state index is 12.2. The van der Waals surface area contributed by atoms with Crippen LogP contribution in [0.25, 0.3) is 0 Å². The summed E-state index contributed by atoms with van der Waals surface area (Å²) < 4.78 is 0. The van der Waals surface area contributed by atoms with Gasteiger partial charge in [-0.25, -0.2) is 4.79 Å². The summed E-state index contributed by atoms with van der Waals surface area (Å²) in [7, 11) is 0. The molecule has 2 atom stereocenters. The van der Waals surface area contributed by atoms with Gasteiger partial charge in [0.2, 0.25) is 5.91 Å². The van der Waals surface area contributed by atoms with Crippen LogP contribution in [0.4, 0.5) is 0 Å². The van der Waals surface area contributed by atoms with Crippen LogP contribution in [0, 0.1) is 5.41 Å². The van der Waals surface area contributed by atoms with Crippen molar-refractivity contribution in [2.24, 2.45) is 11.1 Å². The number of carboxylic acids is 1. The van der Waals surface area contributed by atoms with E-state index in [9.17, 15) is 9.59 Å². The smallest absolute Gasteiger partial charge is 0.326 e. The van der Waals surface area contributed by atoms with E-state index in [0.29, 0.717) is 13.0 Å². The summed E-state index contributed by atoms with van der Waals surface area (Å²) in [6.45, 7) is 6.78. The fraction of sp³-hybridized carbons (Fsp3) is 0.857. The van der Waals surface area contributed by atoms with Gasteiger partial charge < -0.3 is 15.7 Å². The molecule has 0 bridgehead atoms. The predicted molar refractivity (Wildman–Crippen MR) is 73.7 cm³/mol. The Bertz CT molecular complexity index is 336. The third-order valence-electron chi connectivity index (χ3n) is 3.42. The van der Waals surface area contributed by atoms with E-state index in [4.69, 9.17) is 10.8 Å². The second-order valence-corrected chi connectivity index (χ2v) is 6.67. The van der Waals surface area contributed by atoms with Gasteiger partial charge in [-0.15, -0.1) is 0 Å². The highest BCUT2D eigenvalue weighted by molar-refractivity contribution is 5.84. The minimum atomic E-state index is -0.905. The third-order valence-corrected chi connectivity index (χ3v) is 3.42. The lowest BCUT2D eigenvalue weighted by atomic mass is 9.87. The number of rotatable bonds is 4. The number of hydrogen-bond donors (Lipinski definition) is 2. The Morgan fingerprint density at radius 3 is 2.53 bits per heavy atom. The fourth-order valence-electron chi connectivity index (χ4n) is 2.69. The van der Waals surface area contributed by atoms with Gasteiger partial charge in [0.15, 0.2) is 0 Å². The SMILES string of the molecule is CC(C)(C)CC(N)CC(=O)N1CCCCC1C(=O)O. The van der Waals surface area contributed by atoms with Crippen LogP contribution >= 0.6 is 0 Å². The molecule has 0 aromatic rings. The standard InChI is InChI=1S/C14H26N2O3/c1-14(2,3)9-10(15)8-12(17)16-7-5-4-6-11(16)13(18)19/h10-11H,4-9,15H2,1-3H3,(H,18,19). The van der Waals surface area contributed by atoms with E-state index < -0.39 is 12.0 Å². The van der Waals surface area contributed by atoms with Crippen LogP contribution in [0.3, 0.4) is 0 Å². The number of aliphatic carboxylic acids is 1. The number of likely N-dealkylation sites (tertiary alicyclic amines) is 1. The van der Waals surface area contributed by atoms with Crippen LogP contribution in [0.5, 0.6) is 0 Å². The van der Waals surface area contributed by atoms with Crippen molar-refractivity contribution < 1.29 is 14.7 Å². The number of amides is 1. The number of carbonyl (C=O) groups excluding carboxylic acids is 1. The topological polar surface area (TPSA) is 83.6 Å². The van der Waals surface area contributed by atoms with E-state index >= 15 is 0 Å². The first-order valence-corrected chi connectivity index (χ1v) is 6.98. The van der Waals surface area contributed by atoms with Crippen LogP contribution in [0.2, 0.25) is 0 Å². The molecule has 5 nitrogen and oxygen atoms in total. The summed E-state index contributed by atoms with van der Waals surface area (Å²) in [4.78, 5) is 24.8. The molecule has 0 radical (unpaired) electrons. The molecule has 1 rings (SSSR count). The van der Waals surface area contributed by atoms with Gasteiger partial charge in [-0.3, -0.25) is 4.79 Å². The molecule has 1 aliphatic heterocycles. The predicted octanol–water partition coefficient (Wildman–Crippen LogP) is 1.61. The van der Waals surface area contributed by atoms with Gasteiger partial charge in [-0.05, 0) is 31.1 Å². The number of carbonyl (C=O) groups is 2.